The Morgan fingerprint density at radius 2 is 2.23 bits per heavy atom. The van der Waals surface area contributed by atoms with Crippen molar-refractivity contribution in [1.29, 1.82) is 0 Å². The zero-order valence-electron chi connectivity index (χ0n) is 8.49. The molecule has 0 saturated carbocycles. The number of aliphatic hydroxyl groups is 1. The summed E-state index contributed by atoms with van der Waals surface area (Å²) in [7, 11) is 0. The molecule has 0 aromatic carbocycles. The highest BCUT2D eigenvalue weighted by molar-refractivity contribution is 5.70. The number of ether oxygens (including phenoxy) is 1. The molecule has 0 spiro atoms. The summed E-state index contributed by atoms with van der Waals surface area (Å²) in [6.45, 7) is 6.00. The van der Waals surface area contributed by atoms with E-state index in [0.717, 1.165) is 6.42 Å². The monoisotopic (exact) mass is 186 g/mol. The fraction of sp³-hybridized carbons (Fsp3) is 0.900. The average molecular weight is 186 g/mol. The summed E-state index contributed by atoms with van der Waals surface area (Å²) in [4.78, 5) is 11.1. The minimum absolute atomic E-state index is 0.0324. The van der Waals surface area contributed by atoms with Crippen LogP contribution < -0.4 is 0 Å². The van der Waals surface area contributed by atoms with Crippen LogP contribution in [0, 0.1) is 11.8 Å². The Labute approximate surface area is 79.1 Å². The van der Waals surface area contributed by atoms with Crippen LogP contribution in [0.15, 0.2) is 0 Å². The standard InChI is InChI=1S/C10H18O3/c1-6(2)4-8-10(12)7(3)5-9(11)13-8/h6-8,10,12H,4-5H2,1-3H3. The van der Waals surface area contributed by atoms with E-state index in [1.165, 1.54) is 0 Å². The Balaban J connectivity index is 2.55. The normalized spacial score (nSPS) is 34.8. The molecule has 0 aromatic rings. The minimum atomic E-state index is -0.486. The Bertz CT molecular complexity index is 189. The highest BCUT2D eigenvalue weighted by atomic mass is 16.6. The molecule has 1 fully saturated rings. The zero-order chi connectivity index (χ0) is 10.0. The first kappa shape index (κ1) is 10.5. The van der Waals surface area contributed by atoms with E-state index in [4.69, 9.17) is 4.74 Å². The molecule has 3 nitrogen and oxygen atoms in total. The smallest absolute Gasteiger partial charge is 0.306 e. The lowest BCUT2D eigenvalue weighted by Gasteiger charge is -2.33. The van der Waals surface area contributed by atoms with Crippen LogP contribution in [-0.2, 0) is 9.53 Å². The van der Waals surface area contributed by atoms with Crippen LogP contribution in [0.5, 0.6) is 0 Å². The number of cyclic esters (lactones) is 1. The van der Waals surface area contributed by atoms with Gasteiger partial charge in [0.05, 0.1) is 12.5 Å². The first-order valence-electron chi connectivity index (χ1n) is 4.88. The molecule has 0 amide bonds. The van der Waals surface area contributed by atoms with E-state index in [9.17, 15) is 9.90 Å². The van der Waals surface area contributed by atoms with Crippen LogP contribution in [0.4, 0.5) is 0 Å². The summed E-state index contributed by atoms with van der Waals surface area (Å²) in [6, 6.07) is 0. The van der Waals surface area contributed by atoms with Gasteiger partial charge in [-0.2, -0.15) is 0 Å². The van der Waals surface area contributed by atoms with Crippen molar-refractivity contribution in [3.63, 3.8) is 0 Å². The molecule has 1 aliphatic rings. The van der Waals surface area contributed by atoms with E-state index in [1.54, 1.807) is 0 Å². The van der Waals surface area contributed by atoms with Crippen LogP contribution >= 0.6 is 0 Å². The van der Waals surface area contributed by atoms with Crippen LogP contribution in [0.2, 0.25) is 0 Å². The summed E-state index contributed by atoms with van der Waals surface area (Å²) in [5.41, 5.74) is 0. The van der Waals surface area contributed by atoms with Gasteiger partial charge >= 0.3 is 5.97 Å². The molecule has 1 aliphatic heterocycles. The van der Waals surface area contributed by atoms with Gasteiger partial charge in [0.25, 0.3) is 0 Å². The Morgan fingerprint density at radius 1 is 1.62 bits per heavy atom. The SMILES string of the molecule is CC(C)CC1OC(=O)CC(C)C1O. The van der Waals surface area contributed by atoms with Gasteiger partial charge < -0.3 is 9.84 Å². The molecule has 76 valence electrons. The highest BCUT2D eigenvalue weighted by Gasteiger charge is 2.34. The molecule has 3 unspecified atom stereocenters. The third kappa shape index (κ3) is 2.69. The van der Waals surface area contributed by atoms with Crippen molar-refractivity contribution in [2.75, 3.05) is 0 Å². The highest BCUT2D eigenvalue weighted by Crippen LogP contribution is 2.25. The predicted molar refractivity (Wildman–Crippen MR) is 49.1 cm³/mol. The molecule has 0 radical (unpaired) electrons. The van der Waals surface area contributed by atoms with Gasteiger partial charge in [-0.3, -0.25) is 4.79 Å². The van der Waals surface area contributed by atoms with Gasteiger partial charge in [-0.05, 0) is 18.3 Å². The number of carbonyl (C=O) groups excluding carboxylic acids is 1. The maximum Gasteiger partial charge on any atom is 0.306 e. The van der Waals surface area contributed by atoms with Gasteiger partial charge in [-0.1, -0.05) is 20.8 Å². The van der Waals surface area contributed by atoms with Crippen molar-refractivity contribution in [2.24, 2.45) is 11.8 Å². The quantitative estimate of drug-likeness (QED) is 0.662. The van der Waals surface area contributed by atoms with Crippen molar-refractivity contribution in [3.8, 4) is 0 Å². The summed E-state index contributed by atoms with van der Waals surface area (Å²) in [5, 5.41) is 9.73. The molecule has 1 saturated heterocycles. The van der Waals surface area contributed by atoms with Crippen molar-refractivity contribution in [2.45, 2.75) is 45.8 Å². The predicted octanol–water partition coefficient (Wildman–Crippen LogP) is 1.34. The first-order chi connectivity index (χ1) is 6.00. The van der Waals surface area contributed by atoms with Crippen molar-refractivity contribution in [1.82, 2.24) is 0 Å². The second kappa shape index (κ2) is 4.09. The maximum absolute atomic E-state index is 11.1. The van der Waals surface area contributed by atoms with Gasteiger partial charge in [0.2, 0.25) is 0 Å². The van der Waals surface area contributed by atoms with Crippen molar-refractivity contribution >= 4 is 5.97 Å². The molecule has 0 aliphatic carbocycles. The molecule has 13 heavy (non-hydrogen) atoms. The summed E-state index contributed by atoms with van der Waals surface area (Å²) in [5.74, 6) is 0.297. The number of esters is 1. The molecular formula is C10H18O3. The van der Waals surface area contributed by atoms with E-state index in [0.29, 0.717) is 12.3 Å². The second-order valence-electron chi connectivity index (χ2n) is 4.33. The van der Waals surface area contributed by atoms with Gasteiger partial charge in [0, 0.05) is 0 Å². The topological polar surface area (TPSA) is 46.5 Å². The average Bonchev–Trinajstić information content (AvgIpc) is 1.98. The number of hydrogen-bond donors (Lipinski definition) is 1. The Kier molecular flexibility index (Phi) is 3.31. The van der Waals surface area contributed by atoms with E-state index in [1.807, 2.05) is 6.92 Å². The van der Waals surface area contributed by atoms with Crippen molar-refractivity contribution in [3.05, 3.63) is 0 Å². The molecular weight excluding hydrogens is 168 g/mol. The van der Waals surface area contributed by atoms with Crippen LogP contribution in [-0.4, -0.2) is 23.3 Å². The molecule has 0 aromatic heterocycles. The van der Waals surface area contributed by atoms with E-state index in [2.05, 4.69) is 13.8 Å². The number of carbonyl (C=O) groups is 1. The Hall–Kier alpha value is -0.570. The minimum Gasteiger partial charge on any atom is -0.460 e. The lowest BCUT2D eigenvalue weighted by Crippen LogP contribution is -2.42. The van der Waals surface area contributed by atoms with E-state index in [-0.39, 0.29) is 18.0 Å². The Morgan fingerprint density at radius 3 is 2.77 bits per heavy atom. The van der Waals surface area contributed by atoms with Gasteiger partial charge in [-0.15, -0.1) is 0 Å². The molecule has 0 bridgehead atoms. The summed E-state index contributed by atoms with van der Waals surface area (Å²) in [6.07, 6.45) is 0.309. The fourth-order valence-electron chi connectivity index (χ4n) is 1.69. The largest absolute Gasteiger partial charge is 0.460 e. The molecule has 3 atom stereocenters. The second-order valence-corrected chi connectivity index (χ2v) is 4.33. The maximum atomic E-state index is 11.1. The van der Waals surface area contributed by atoms with Crippen LogP contribution in [0.1, 0.15) is 33.6 Å². The number of rotatable bonds is 2. The first-order valence-corrected chi connectivity index (χ1v) is 4.88. The molecule has 1 heterocycles. The van der Waals surface area contributed by atoms with E-state index < -0.39 is 6.10 Å². The zero-order valence-corrected chi connectivity index (χ0v) is 8.49. The molecule has 1 rings (SSSR count). The van der Waals surface area contributed by atoms with E-state index >= 15 is 0 Å². The van der Waals surface area contributed by atoms with Crippen LogP contribution in [0.25, 0.3) is 0 Å². The third-order valence-corrected chi connectivity index (χ3v) is 2.44. The lowest BCUT2D eigenvalue weighted by molar-refractivity contribution is -0.171. The third-order valence-electron chi connectivity index (χ3n) is 2.44. The van der Waals surface area contributed by atoms with Crippen LogP contribution in [0.3, 0.4) is 0 Å². The lowest BCUT2D eigenvalue weighted by atomic mass is 9.89. The summed E-state index contributed by atoms with van der Waals surface area (Å²) >= 11 is 0. The molecule has 1 N–H and O–H groups in total. The summed E-state index contributed by atoms with van der Waals surface area (Å²) < 4.78 is 5.09. The molecule has 3 heteroatoms. The van der Waals surface area contributed by atoms with Gasteiger partial charge in [0.15, 0.2) is 0 Å². The van der Waals surface area contributed by atoms with Gasteiger partial charge in [0.1, 0.15) is 6.10 Å². The number of hydrogen-bond acceptors (Lipinski definition) is 3. The fourth-order valence-corrected chi connectivity index (χ4v) is 1.69. The number of aliphatic hydroxyl groups excluding tert-OH is 1. The van der Waals surface area contributed by atoms with Crippen molar-refractivity contribution < 1.29 is 14.6 Å². The van der Waals surface area contributed by atoms with Gasteiger partial charge in [-0.25, -0.2) is 0 Å².